The third-order valence-electron chi connectivity index (χ3n) is 1.89. The molecule has 1 heterocycles. The molecule has 0 aliphatic carbocycles. The third-order valence-corrected chi connectivity index (χ3v) is 1.89. The number of nitrogens with zero attached hydrogens (tertiary/aromatic N) is 1. The first-order chi connectivity index (χ1) is 5.77. The first kappa shape index (κ1) is 10.0. The fourth-order valence-electron chi connectivity index (χ4n) is 1.27. The largest absolute Gasteiger partial charge is 0.397 e. The van der Waals surface area contributed by atoms with Crippen LogP contribution in [0.4, 0.5) is 5.69 Å². The van der Waals surface area contributed by atoms with Crippen LogP contribution in [0.2, 0.25) is 0 Å². The number of benzene rings is 1. The number of aromatic nitrogens is 1. The molecule has 2 nitrogen and oxygen atoms in total. The van der Waals surface area contributed by atoms with Gasteiger partial charge in [-0.25, -0.2) is 0 Å². The van der Waals surface area contributed by atoms with Crippen LogP contribution in [0.3, 0.4) is 0 Å². The van der Waals surface area contributed by atoms with Crippen molar-refractivity contribution in [3.8, 4) is 0 Å². The van der Waals surface area contributed by atoms with Crippen LogP contribution >= 0.6 is 0 Å². The number of pyridine rings is 1. The summed E-state index contributed by atoms with van der Waals surface area (Å²) >= 11 is 0. The zero-order valence-corrected chi connectivity index (χ0v) is 8.29. The molecule has 0 unspecified atom stereocenters. The van der Waals surface area contributed by atoms with Gasteiger partial charge in [0.2, 0.25) is 0 Å². The Morgan fingerprint density at radius 2 is 1.92 bits per heavy atom. The van der Waals surface area contributed by atoms with Crippen molar-refractivity contribution >= 4 is 16.6 Å². The van der Waals surface area contributed by atoms with Crippen molar-refractivity contribution in [2.45, 2.75) is 6.92 Å². The van der Waals surface area contributed by atoms with Gasteiger partial charge in [0.05, 0.1) is 11.2 Å². The maximum Gasteiger partial charge on any atom is 0.0934 e. The summed E-state index contributed by atoms with van der Waals surface area (Å²) in [7, 11) is 0. The summed E-state index contributed by atoms with van der Waals surface area (Å²) in [5.41, 5.74) is 8.41. The molecule has 1 aromatic carbocycles. The second-order valence-corrected chi connectivity index (χ2v) is 2.87. The fourth-order valence-corrected chi connectivity index (χ4v) is 1.27. The molecule has 0 fully saturated rings. The Balaban J connectivity index is 0.000000845. The number of nitrogens with two attached hydrogens (primary N) is 1. The van der Waals surface area contributed by atoms with E-state index in [1.807, 2.05) is 37.3 Å². The van der Waals surface area contributed by atoms with E-state index in [9.17, 15) is 0 Å². The monoisotopic (exact) mass is 217 g/mol. The number of fused-ring (bicyclic) bond motifs is 1. The average molecular weight is 217 g/mol. The minimum atomic E-state index is 0. The molecule has 0 saturated carbocycles. The van der Waals surface area contributed by atoms with Gasteiger partial charge in [0.1, 0.15) is 0 Å². The topological polar surface area (TPSA) is 38.9 Å². The van der Waals surface area contributed by atoms with Gasteiger partial charge in [-0.15, -0.1) is 0 Å². The van der Waals surface area contributed by atoms with Crippen molar-refractivity contribution in [3.63, 3.8) is 0 Å². The van der Waals surface area contributed by atoms with Crippen LogP contribution in [-0.4, -0.2) is 4.98 Å². The molecule has 0 bridgehead atoms. The Kier molecular flexibility index (Phi) is 2.90. The van der Waals surface area contributed by atoms with Gasteiger partial charge in [0, 0.05) is 27.9 Å². The summed E-state index contributed by atoms with van der Waals surface area (Å²) < 4.78 is 0. The van der Waals surface area contributed by atoms with Gasteiger partial charge in [-0.1, -0.05) is 18.2 Å². The molecule has 1 aromatic heterocycles. The van der Waals surface area contributed by atoms with E-state index in [1.165, 1.54) is 0 Å². The third kappa shape index (κ3) is 1.82. The molecule has 0 atom stereocenters. The van der Waals surface area contributed by atoms with Gasteiger partial charge in [-0.05, 0) is 19.1 Å². The van der Waals surface area contributed by atoms with Gasteiger partial charge in [-0.2, -0.15) is 0 Å². The Morgan fingerprint density at radius 3 is 2.69 bits per heavy atom. The number of nitrogen functional groups attached to an aromatic ring is 1. The molecule has 2 aromatic rings. The van der Waals surface area contributed by atoms with Crippen molar-refractivity contribution in [1.29, 1.82) is 0 Å². The molecule has 2 rings (SSSR count). The molecular weight excluding hydrogens is 207 g/mol. The smallest absolute Gasteiger partial charge is 0.0934 e. The Hall–Kier alpha value is -1.06. The number of hydrogen-bond donors (Lipinski definition) is 1. The number of anilines is 1. The summed E-state index contributed by atoms with van der Waals surface area (Å²) in [5, 5.41) is 1.10. The second kappa shape index (κ2) is 3.76. The number of rotatable bonds is 0. The molecule has 0 aliphatic heterocycles. The van der Waals surface area contributed by atoms with E-state index in [1.54, 1.807) is 0 Å². The van der Waals surface area contributed by atoms with Crippen LogP contribution in [0, 0.1) is 6.92 Å². The number of para-hydroxylation sites is 1. The van der Waals surface area contributed by atoms with Crippen LogP contribution in [0.1, 0.15) is 5.69 Å². The van der Waals surface area contributed by atoms with E-state index in [0.717, 1.165) is 22.3 Å². The van der Waals surface area contributed by atoms with E-state index in [-0.39, 0.29) is 16.8 Å². The molecule has 0 amide bonds. The summed E-state index contributed by atoms with van der Waals surface area (Å²) in [6.45, 7) is 1.96. The van der Waals surface area contributed by atoms with Gasteiger partial charge in [0.25, 0.3) is 0 Å². The fraction of sp³-hybridized carbons (Fsp3) is 0.100. The number of aryl methyl sites for hydroxylation is 1. The van der Waals surface area contributed by atoms with Crippen molar-refractivity contribution in [2.24, 2.45) is 0 Å². The SMILES string of the molecule is Cc1ccc2cccc(N)c2n1.[Co]. The summed E-state index contributed by atoms with van der Waals surface area (Å²) in [5.74, 6) is 0. The normalized spacial score (nSPS) is 9.62. The molecule has 0 aliphatic rings. The van der Waals surface area contributed by atoms with Crippen molar-refractivity contribution < 1.29 is 16.8 Å². The predicted molar refractivity (Wildman–Crippen MR) is 50.9 cm³/mol. The summed E-state index contributed by atoms with van der Waals surface area (Å²) in [6.07, 6.45) is 0. The van der Waals surface area contributed by atoms with Crippen LogP contribution in [0.15, 0.2) is 30.3 Å². The maximum atomic E-state index is 5.76. The van der Waals surface area contributed by atoms with E-state index >= 15 is 0 Å². The summed E-state index contributed by atoms with van der Waals surface area (Å²) in [4.78, 5) is 4.35. The van der Waals surface area contributed by atoms with Gasteiger partial charge in [-0.3, -0.25) is 4.98 Å². The van der Waals surface area contributed by atoms with E-state index < -0.39 is 0 Å². The van der Waals surface area contributed by atoms with Gasteiger partial charge >= 0.3 is 0 Å². The zero-order chi connectivity index (χ0) is 8.55. The predicted octanol–water partition coefficient (Wildman–Crippen LogP) is 2.12. The average Bonchev–Trinajstić information content (AvgIpc) is 2.07. The minimum absolute atomic E-state index is 0. The van der Waals surface area contributed by atoms with E-state index in [0.29, 0.717) is 0 Å². The molecule has 0 saturated heterocycles. The Morgan fingerprint density at radius 1 is 1.15 bits per heavy atom. The van der Waals surface area contributed by atoms with E-state index in [4.69, 9.17) is 5.73 Å². The molecule has 69 valence electrons. The van der Waals surface area contributed by atoms with Crippen LogP contribution < -0.4 is 5.73 Å². The van der Waals surface area contributed by atoms with Crippen molar-refractivity contribution in [1.82, 2.24) is 4.98 Å². The maximum absolute atomic E-state index is 5.76. The van der Waals surface area contributed by atoms with Crippen molar-refractivity contribution in [2.75, 3.05) is 5.73 Å². The van der Waals surface area contributed by atoms with Crippen LogP contribution in [-0.2, 0) is 16.8 Å². The molecule has 13 heavy (non-hydrogen) atoms. The second-order valence-electron chi connectivity index (χ2n) is 2.87. The minimum Gasteiger partial charge on any atom is -0.397 e. The Labute approximate surface area is 87.4 Å². The van der Waals surface area contributed by atoms with Gasteiger partial charge < -0.3 is 5.73 Å². The number of hydrogen-bond acceptors (Lipinski definition) is 2. The zero-order valence-electron chi connectivity index (χ0n) is 7.24. The quantitative estimate of drug-likeness (QED) is 0.686. The first-order valence-corrected chi connectivity index (χ1v) is 3.89. The van der Waals surface area contributed by atoms with Gasteiger partial charge in [0.15, 0.2) is 0 Å². The first-order valence-electron chi connectivity index (χ1n) is 3.89. The Bertz CT molecular complexity index is 426. The summed E-state index contributed by atoms with van der Waals surface area (Å²) in [6, 6.07) is 9.84. The molecular formula is C10H10CoN2. The van der Waals surface area contributed by atoms with Crippen LogP contribution in [0.25, 0.3) is 10.9 Å². The standard InChI is InChI=1S/C10H10N2.Co/c1-7-5-6-8-3-2-4-9(11)10(8)12-7;/h2-6H,11H2,1H3;. The van der Waals surface area contributed by atoms with Crippen molar-refractivity contribution in [3.05, 3.63) is 36.0 Å². The molecule has 3 heteroatoms. The molecule has 2 N–H and O–H groups in total. The molecule has 1 radical (unpaired) electrons. The molecule has 0 spiro atoms. The van der Waals surface area contributed by atoms with E-state index in [2.05, 4.69) is 4.98 Å². The van der Waals surface area contributed by atoms with Crippen LogP contribution in [0.5, 0.6) is 0 Å².